The van der Waals surface area contributed by atoms with Crippen LogP contribution in [0.5, 0.6) is 11.5 Å². The number of hydrogen-bond acceptors (Lipinski definition) is 6. The molecule has 12 heteroatoms. The van der Waals surface area contributed by atoms with Crippen LogP contribution in [-0.4, -0.2) is 52.0 Å². The Kier molecular flexibility index (Phi) is 9.25. The lowest BCUT2D eigenvalue weighted by Gasteiger charge is -2.22. The monoisotopic (exact) mass is 597 g/mol. The molecule has 0 saturated heterocycles. The van der Waals surface area contributed by atoms with Crippen LogP contribution in [0.1, 0.15) is 49.1 Å². The van der Waals surface area contributed by atoms with Gasteiger partial charge in [0.2, 0.25) is 0 Å². The zero-order valence-electron chi connectivity index (χ0n) is 20.7. The number of hydrogen-bond donors (Lipinski definition) is 4. The van der Waals surface area contributed by atoms with Crippen LogP contribution in [-0.2, 0) is 4.57 Å². The lowest BCUT2D eigenvalue weighted by atomic mass is 9.83. The van der Waals surface area contributed by atoms with Gasteiger partial charge in [-0.15, -0.1) is 15.3 Å². The van der Waals surface area contributed by atoms with Gasteiger partial charge in [0.15, 0.2) is 11.6 Å². The number of Topliss-reactive ketones (excluding diaryl/α,β-unsaturated/α-hetero) is 1. The maximum Gasteiger partial charge on any atom is 0.347 e. The van der Waals surface area contributed by atoms with E-state index in [1.54, 1.807) is 13.0 Å². The summed E-state index contributed by atoms with van der Waals surface area (Å²) in [6.07, 6.45) is 1.01. The summed E-state index contributed by atoms with van der Waals surface area (Å²) in [5, 5.41) is 12.2. The van der Waals surface area contributed by atoms with Gasteiger partial charge >= 0.3 is 7.60 Å². The summed E-state index contributed by atoms with van der Waals surface area (Å²) in [5.74, 6) is -3.77. The predicted molar refractivity (Wildman–Crippen MR) is 144 cm³/mol. The highest BCUT2D eigenvalue weighted by molar-refractivity contribution is 9.26. The number of fused-ring (bicyclic) bond motifs is 1. The Bertz CT molecular complexity index is 1290. The Balaban J connectivity index is 0.000000830. The van der Waals surface area contributed by atoms with E-state index in [2.05, 4.69) is 40.3 Å². The smallest absolute Gasteiger partial charge is 0.347 e. The molecule has 4 N–H and O–H groups in total. The number of aromatic hydroxyl groups is 1. The molecule has 9 nitrogen and oxygen atoms in total. The summed E-state index contributed by atoms with van der Waals surface area (Å²) in [6.45, 7) is 8.75. The third-order valence-electron chi connectivity index (χ3n) is 4.88. The van der Waals surface area contributed by atoms with Gasteiger partial charge in [0.1, 0.15) is 24.0 Å². The molecule has 2 aromatic carbocycles. The molecule has 0 radical (unpaired) electrons. The predicted octanol–water partition coefficient (Wildman–Crippen LogP) is 4.64. The fourth-order valence-corrected chi connectivity index (χ4v) is 3.60. The van der Waals surface area contributed by atoms with Crippen molar-refractivity contribution in [3.63, 3.8) is 0 Å². The first kappa shape index (κ1) is 29.7. The molecule has 2 aromatic rings. The summed E-state index contributed by atoms with van der Waals surface area (Å²) in [4.78, 5) is 57.4. The molecular weight excluding hydrogens is 569 g/mol. The minimum atomic E-state index is -4.61. The number of methoxy groups -OCH3 is 1. The number of allylic oxidation sites excluding steroid dienone is 2. The molecule has 36 heavy (non-hydrogen) atoms. The number of phenolic OH excluding ortho intramolecular Hbond substituents is 1. The number of aryl methyl sites for hydroxylation is 1. The zero-order valence-corrected chi connectivity index (χ0v) is 24.2. The van der Waals surface area contributed by atoms with E-state index >= 15 is 0 Å². The van der Waals surface area contributed by atoms with E-state index < -0.39 is 37.5 Å². The number of phenols is 1. The second-order valence-electron chi connectivity index (χ2n) is 9.15. The molecule has 1 unspecified atom stereocenters. The highest BCUT2D eigenvalue weighted by Crippen LogP contribution is 2.41. The summed E-state index contributed by atoms with van der Waals surface area (Å²) < 4.78 is 16.8. The number of benzene rings is 2. The van der Waals surface area contributed by atoms with Crippen molar-refractivity contribution in [2.75, 3.05) is 7.11 Å². The van der Waals surface area contributed by atoms with Crippen molar-refractivity contribution in [1.82, 2.24) is 5.32 Å². The average molecular weight is 598 g/mol. The van der Waals surface area contributed by atoms with E-state index in [0.717, 1.165) is 13.0 Å². The number of ketones is 2. The maximum atomic E-state index is 13.2. The van der Waals surface area contributed by atoms with Crippen molar-refractivity contribution in [2.24, 2.45) is 0 Å². The molecule has 0 aromatic heterocycles. The highest BCUT2D eigenvalue weighted by atomic mass is 79.9. The van der Waals surface area contributed by atoms with Gasteiger partial charge in [-0.25, -0.2) is 0 Å². The molecule has 194 valence electrons. The second kappa shape index (κ2) is 11.2. The molecule has 0 heterocycles. The largest absolute Gasteiger partial charge is 0.507 e. The van der Waals surface area contributed by atoms with Gasteiger partial charge in [-0.05, 0) is 43.7 Å². The second-order valence-corrected chi connectivity index (χ2v) is 22.4. The molecule has 0 aliphatic heterocycles. The van der Waals surface area contributed by atoms with E-state index in [9.17, 15) is 33.8 Å². The van der Waals surface area contributed by atoms with Crippen LogP contribution in [0.25, 0.3) is 5.57 Å². The number of amides is 1. The van der Waals surface area contributed by atoms with Crippen molar-refractivity contribution in [2.45, 2.75) is 39.3 Å². The van der Waals surface area contributed by atoms with Crippen LogP contribution < -0.4 is 10.1 Å². The standard InChI is InChI=1S/C21H20NO8P.C3H9BrSi/c1-10-7-14(21(26)22-11(2)31(27,28)29)18(17(8-10)30-3)13-9-16(24)19-12(20(13)25)5-4-6-15(19)23;1-5(2,3)4/h4-9,11,23H,1-3H3,(H,22,26)(H2,27,28,29);1-3H3. The van der Waals surface area contributed by atoms with Gasteiger partial charge in [0.05, 0.1) is 18.2 Å². The summed E-state index contributed by atoms with van der Waals surface area (Å²) in [7, 11) is -3.28. The summed E-state index contributed by atoms with van der Waals surface area (Å²) in [6, 6.07) is 7.09. The number of halogens is 1. The molecule has 0 bridgehead atoms. The van der Waals surface area contributed by atoms with Crippen molar-refractivity contribution in [1.29, 1.82) is 0 Å². The lowest BCUT2D eigenvalue weighted by molar-refractivity contribution is 0.0944. The minimum Gasteiger partial charge on any atom is -0.507 e. The van der Waals surface area contributed by atoms with Gasteiger partial charge in [-0.1, -0.05) is 31.8 Å². The van der Waals surface area contributed by atoms with Gasteiger partial charge in [0.25, 0.3) is 5.91 Å². The number of ether oxygens (including phenoxy) is 1. The van der Waals surface area contributed by atoms with E-state index in [-0.39, 0.29) is 39.3 Å². The van der Waals surface area contributed by atoms with E-state index in [1.165, 1.54) is 31.4 Å². The topological polar surface area (TPSA) is 150 Å². The molecule has 1 amide bonds. The molecular formula is C24H29BrNO8PSi. The number of carbonyl (C=O) groups is 3. The van der Waals surface area contributed by atoms with Crippen LogP contribution in [0, 0.1) is 6.92 Å². The van der Waals surface area contributed by atoms with Gasteiger partial charge in [0, 0.05) is 16.7 Å². The molecule has 1 aliphatic rings. The molecule has 1 atom stereocenters. The van der Waals surface area contributed by atoms with Crippen molar-refractivity contribution < 1.29 is 38.6 Å². The van der Waals surface area contributed by atoms with Crippen LogP contribution in [0.3, 0.4) is 0 Å². The van der Waals surface area contributed by atoms with E-state index in [4.69, 9.17) is 4.74 Å². The van der Waals surface area contributed by atoms with Gasteiger partial charge in [-0.3, -0.25) is 18.9 Å². The Labute approximate surface area is 218 Å². The Hall–Kier alpha value is -2.56. The third-order valence-corrected chi connectivity index (χ3v) is 6.02. The normalized spacial score (nSPS) is 14.2. The Morgan fingerprint density at radius 3 is 2.25 bits per heavy atom. The maximum absolute atomic E-state index is 13.2. The molecule has 0 saturated carbocycles. The summed E-state index contributed by atoms with van der Waals surface area (Å²) in [5.41, 5.74) is 0.212. The first-order valence-electron chi connectivity index (χ1n) is 10.8. The number of rotatable bonds is 5. The molecule has 1 aliphatic carbocycles. The average Bonchev–Trinajstić information content (AvgIpc) is 2.73. The van der Waals surface area contributed by atoms with Crippen LogP contribution in [0.2, 0.25) is 19.6 Å². The highest BCUT2D eigenvalue weighted by Gasteiger charge is 2.34. The number of nitrogens with one attached hydrogen (secondary N) is 1. The third kappa shape index (κ3) is 7.24. The van der Waals surface area contributed by atoms with Crippen LogP contribution in [0.4, 0.5) is 0 Å². The minimum absolute atomic E-state index is 0.0101. The van der Waals surface area contributed by atoms with Crippen LogP contribution in [0.15, 0.2) is 36.4 Å². The zero-order chi connectivity index (χ0) is 27.6. The lowest BCUT2D eigenvalue weighted by Crippen LogP contribution is -2.33. The quantitative estimate of drug-likeness (QED) is 0.221. The summed E-state index contributed by atoms with van der Waals surface area (Å²) >= 11 is 3.51. The van der Waals surface area contributed by atoms with E-state index in [0.29, 0.717) is 5.56 Å². The Morgan fingerprint density at radius 2 is 1.72 bits per heavy atom. The Morgan fingerprint density at radius 1 is 1.14 bits per heavy atom. The molecule has 3 rings (SSSR count). The van der Waals surface area contributed by atoms with Gasteiger partial charge in [-0.2, -0.15) is 0 Å². The first-order valence-corrected chi connectivity index (χ1v) is 18.3. The fourth-order valence-electron chi connectivity index (χ4n) is 3.31. The molecule has 0 spiro atoms. The fraction of sp³-hybridized carbons (Fsp3) is 0.292. The first-order chi connectivity index (χ1) is 16.5. The SMILES string of the molecule is COc1cc(C)cc(C(=O)NC(C)P(=O)(O)O)c1C1=CC(=O)c2c(O)cccc2C1=O.C[Si](C)(C)Br. The van der Waals surface area contributed by atoms with E-state index in [1.807, 2.05) is 0 Å². The van der Waals surface area contributed by atoms with Crippen molar-refractivity contribution >= 4 is 52.6 Å². The van der Waals surface area contributed by atoms with Crippen LogP contribution >= 0.6 is 22.9 Å². The van der Waals surface area contributed by atoms with Crippen molar-refractivity contribution in [3.8, 4) is 11.5 Å². The van der Waals surface area contributed by atoms with Crippen molar-refractivity contribution in [3.05, 3.63) is 64.2 Å². The van der Waals surface area contributed by atoms with Gasteiger partial charge < -0.3 is 24.9 Å². The molecule has 0 fully saturated rings. The number of carbonyl (C=O) groups excluding carboxylic acids is 3.